The van der Waals surface area contributed by atoms with Crippen LogP contribution in [0, 0.1) is 0 Å². The van der Waals surface area contributed by atoms with E-state index in [4.69, 9.17) is 16.3 Å². The smallest absolute Gasteiger partial charge is 0.157 e. The first-order chi connectivity index (χ1) is 10.4. The van der Waals surface area contributed by atoms with E-state index in [-0.39, 0.29) is 40.2 Å². The highest BCUT2D eigenvalue weighted by atomic mass is 35.5. The molecule has 0 bridgehead atoms. The van der Waals surface area contributed by atoms with Crippen molar-refractivity contribution in [2.45, 2.75) is 18.6 Å². The predicted octanol–water partition coefficient (Wildman–Crippen LogP) is 2.20. The van der Waals surface area contributed by atoms with Crippen molar-refractivity contribution >= 4 is 11.6 Å². The van der Waals surface area contributed by atoms with Gasteiger partial charge in [-0.05, 0) is 17.7 Å². The van der Waals surface area contributed by atoms with Gasteiger partial charge in [-0.25, -0.2) is 0 Å². The summed E-state index contributed by atoms with van der Waals surface area (Å²) in [5.41, 5.74) is 0.747. The average molecular weight is 325 g/mol. The molecule has 5 N–H and O–H groups in total. The third-order valence-electron chi connectivity index (χ3n) is 3.63. The number of rotatable bonds is 1. The van der Waals surface area contributed by atoms with E-state index in [0.717, 1.165) is 0 Å². The van der Waals surface area contributed by atoms with Crippen molar-refractivity contribution in [2.75, 3.05) is 0 Å². The Hall–Kier alpha value is -2.31. The highest BCUT2D eigenvalue weighted by Crippen LogP contribution is 2.47. The van der Waals surface area contributed by atoms with Crippen molar-refractivity contribution in [3.63, 3.8) is 0 Å². The van der Waals surface area contributed by atoms with Gasteiger partial charge in [0.25, 0.3) is 0 Å². The Kier molecular flexibility index (Phi) is 3.42. The second kappa shape index (κ2) is 5.15. The largest absolute Gasteiger partial charge is 0.506 e. The zero-order valence-electron chi connectivity index (χ0n) is 11.2. The first kappa shape index (κ1) is 14.6. The SMILES string of the molecule is Oc1ccc([C@H]2Oc3cc(O)c(Cl)c(O)c3C[C@H]2O)cc1O. The fourth-order valence-corrected chi connectivity index (χ4v) is 2.66. The molecular formula is C15H13ClO6. The van der Waals surface area contributed by atoms with Crippen LogP contribution in [0.25, 0.3) is 0 Å². The van der Waals surface area contributed by atoms with Crippen LogP contribution in [0.4, 0.5) is 0 Å². The second-order valence-corrected chi connectivity index (χ2v) is 5.47. The number of halogens is 1. The zero-order chi connectivity index (χ0) is 16.0. The summed E-state index contributed by atoms with van der Waals surface area (Å²) in [7, 11) is 0. The molecular weight excluding hydrogens is 312 g/mol. The van der Waals surface area contributed by atoms with Crippen LogP contribution in [0.15, 0.2) is 24.3 Å². The Labute approximate surface area is 130 Å². The summed E-state index contributed by atoms with van der Waals surface area (Å²) in [5.74, 6) is -1.08. The number of aromatic hydroxyl groups is 4. The molecule has 2 atom stereocenters. The molecule has 2 aromatic rings. The molecule has 116 valence electrons. The summed E-state index contributed by atoms with van der Waals surface area (Å²) in [6.45, 7) is 0. The lowest BCUT2D eigenvalue weighted by Crippen LogP contribution is -2.30. The van der Waals surface area contributed by atoms with E-state index in [1.54, 1.807) is 0 Å². The van der Waals surface area contributed by atoms with E-state index < -0.39 is 12.2 Å². The molecule has 3 rings (SSSR count). The molecule has 0 saturated carbocycles. The Morgan fingerprint density at radius 2 is 1.73 bits per heavy atom. The van der Waals surface area contributed by atoms with Gasteiger partial charge in [0.05, 0.1) is 6.10 Å². The fourth-order valence-electron chi connectivity index (χ4n) is 2.49. The number of hydrogen-bond donors (Lipinski definition) is 5. The maximum Gasteiger partial charge on any atom is 0.157 e. The molecule has 6 nitrogen and oxygen atoms in total. The van der Waals surface area contributed by atoms with Gasteiger partial charge in [-0.15, -0.1) is 0 Å². The summed E-state index contributed by atoms with van der Waals surface area (Å²) in [6.07, 6.45) is -1.75. The van der Waals surface area contributed by atoms with Gasteiger partial charge in [-0.1, -0.05) is 17.7 Å². The quantitative estimate of drug-likeness (QED) is 0.514. The fraction of sp³-hybridized carbons (Fsp3) is 0.200. The summed E-state index contributed by atoms with van der Waals surface area (Å²) < 4.78 is 5.62. The molecule has 1 heterocycles. The van der Waals surface area contributed by atoms with E-state index in [9.17, 15) is 25.5 Å². The van der Waals surface area contributed by atoms with Crippen LogP contribution in [0.5, 0.6) is 28.7 Å². The van der Waals surface area contributed by atoms with Crippen molar-refractivity contribution in [3.8, 4) is 28.7 Å². The summed E-state index contributed by atoms with van der Waals surface area (Å²) in [4.78, 5) is 0. The van der Waals surface area contributed by atoms with Crippen LogP contribution < -0.4 is 4.74 Å². The third-order valence-corrected chi connectivity index (χ3v) is 4.00. The maximum atomic E-state index is 10.2. The summed E-state index contributed by atoms with van der Waals surface area (Å²) >= 11 is 5.76. The molecule has 22 heavy (non-hydrogen) atoms. The molecule has 0 saturated heterocycles. The highest BCUT2D eigenvalue weighted by Gasteiger charge is 2.33. The van der Waals surface area contributed by atoms with Gasteiger partial charge in [0.1, 0.15) is 28.4 Å². The number of hydrogen-bond acceptors (Lipinski definition) is 6. The third kappa shape index (κ3) is 2.26. The van der Waals surface area contributed by atoms with E-state index >= 15 is 0 Å². The van der Waals surface area contributed by atoms with Crippen molar-refractivity contribution in [1.29, 1.82) is 0 Å². The van der Waals surface area contributed by atoms with Crippen molar-refractivity contribution < 1.29 is 30.3 Å². The molecule has 2 aromatic carbocycles. The minimum atomic E-state index is -0.997. The zero-order valence-corrected chi connectivity index (χ0v) is 11.9. The van der Waals surface area contributed by atoms with E-state index in [2.05, 4.69) is 0 Å². The van der Waals surface area contributed by atoms with Crippen LogP contribution in [-0.4, -0.2) is 31.6 Å². The average Bonchev–Trinajstić information content (AvgIpc) is 2.48. The molecule has 7 heteroatoms. The Bertz CT molecular complexity index is 745. The van der Waals surface area contributed by atoms with Gasteiger partial charge in [0, 0.05) is 18.1 Å². The first-order valence-corrected chi connectivity index (χ1v) is 6.86. The maximum absolute atomic E-state index is 10.2. The van der Waals surface area contributed by atoms with Crippen LogP contribution >= 0.6 is 11.6 Å². The summed E-state index contributed by atoms with van der Waals surface area (Å²) in [6, 6.07) is 5.33. The Morgan fingerprint density at radius 3 is 2.41 bits per heavy atom. The topological polar surface area (TPSA) is 110 Å². The molecule has 0 amide bonds. The number of aliphatic hydroxyl groups is 1. The van der Waals surface area contributed by atoms with E-state index in [1.165, 1.54) is 24.3 Å². The lowest BCUT2D eigenvalue weighted by molar-refractivity contribution is 0.0197. The van der Waals surface area contributed by atoms with Crippen molar-refractivity contribution in [1.82, 2.24) is 0 Å². The van der Waals surface area contributed by atoms with E-state index in [0.29, 0.717) is 11.1 Å². The van der Waals surface area contributed by atoms with Crippen LogP contribution in [0.2, 0.25) is 5.02 Å². The van der Waals surface area contributed by atoms with Gasteiger partial charge in [0.2, 0.25) is 0 Å². The molecule has 0 spiro atoms. The molecule has 0 fully saturated rings. The number of phenolic OH excluding ortho intramolecular Hbond substituents is 4. The minimum Gasteiger partial charge on any atom is -0.506 e. The number of aliphatic hydroxyl groups excluding tert-OH is 1. The van der Waals surface area contributed by atoms with Crippen molar-refractivity contribution in [2.24, 2.45) is 0 Å². The molecule has 1 aliphatic heterocycles. The predicted molar refractivity (Wildman–Crippen MR) is 77.6 cm³/mol. The number of ether oxygens (including phenoxy) is 1. The standard InChI is InChI=1S/C15H13ClO6/c16-13-10(19)5-12-7(14(13)21)4-11(20)15(22-12)6-1-2-8(17)9(18)3-6/h1-3,5,11,15,17-21H,4H2/t11-,15-/m1/s1. The molecule has 0 aliphatic carbocycles. The van der Waals surface area contributed by atoms with Crippen LogP contribution in [0.3, 0.4) is 0 Å². The lowest BCUT2D eigenvalue weighted by Gasteiger charge is -2.31. The number of benzene rings is 2. The summed E-state index contributed by atoms with van der Waals surface area (Å²) in [5, 5.41) is 48.5. The van der Waals surface area contributed by atoms with Gasteiger partial charge in [-0.2, -0.15) is 0 Å². The van der Waals surface area contributed by atoms with Crippen LogP contribution in [-0.2, 0) is 6.42 Å². The monoisotopic (exact) mass is 324 g/mol. The van der Waals surface area contributed by atoms with Crippen molar-refractivity contribution in [3.05, 3.63) is 40.4 Å². The van der Waals surface area contributed by atoms with E-state index in [1.807, 2.05) is 0 Å². The molecule has 0 aromatic heterocycles. The molecule has 0 radical (unpaired) electrons. The normalized spacial score (nSPS) is 20.3. The Morgan fingerprint density at radius 1 is 1.00 bits per heavy atom. The van der Waals surface area contributed by atoms with Gasteiger partial charge >= 0.3 is 0 Å². The molecule has 0 unspecified atom stereocenters. The number of phenols is 4. The Balaban J connectivity index is 2.02. The highest BCUT2D eigenvalue weighted by molar-refractivity contribution is 6.33. The van der Waals surface area contributed by atoms with Gasteiger partial charge < -0.3 is 30.3 Å². The lowest BCUT2D eigenvalue weighted by atomic mass is 9.94. The molecule has 1 aliphatic rings. The first-order valence-electron chi connectivity index (χ1n) is 6.48. The minimum absolute atomic E-state index is 0.0630. The second-order valence-electron chi connectivity index (χ2n) is 5.09. The van der Waals surface area contributed by atoms with Gasteiger partial charge in [-0.3, -0.25) is 0 Å². The van der Waals surface area contributed by atoms with Crippen LogP contribution in [0.1, 0.15) is 17.2 Å². The van der Waals surface area contributed by atoms with Gasteiger partial charge in [0.15, 0.2) is 11.5 Å². The number of fused-ring (bicyclic) bond motifs is 1.